The van der Waals surface area contributed by atoms with Crippen molar-refractivity contribution in [3.63, 3.8) is 0 Å². The number of rotatable bonds is 1. The predicted octanol–water partition coefficient (Wildman–Crippen LogP) is 1.90. The number of aromatic nitrogens is 2. The lowest BCUT2D eigenvalue weighted by Gasteiger charge is -2.25. The maximum absolute atomic E-state index is 12.7. The molecule has 2 saturated heterocycles. The summed E-state index contributed by atoms with van der Waals surface area (Å²) in [5.74, 6) is 1.19. The first kappa shape index (κ1) is 11.3. The number of fused-ring (bicyclic) bond motifs is 3. The molecule has 98 valence electrons. The quantitative estimate of drug-likeness (QED) is 0.796. The Morgan fingerprint density at radius 2 is 2.26 bits per heavy atom. The molecule has 2 aromatic rings. The van der Waals surface area contributed by atoms with Gasteiger partial charge in [-0.1, -0.05) is 18.2 Å². The van der Waals surface area contributed by atoms with Crippen molar-refractivity contribution < 1.29 is 4.79 Å². The van der Waals surface area contributed by atoms with Gasteiger partial charge in [0.25, 0.3) is 5.91 Å². The van der Waals surface area contributed by atoms with Crippen LogP contribution in [0.5, 0.6) is 0 Å². The van der Waals surface area contributed by atoms with Crippen molar-refractivity contribution in [3.05, 3.63) is 30.0 Å². The fraction of sp³-hybridized carbons (Fsp3) is 0.429. The molecule has 4 rings (SSSR count). The van der Waals surface area contributed by atoms with Crippen LogP contribution in [0.2, 0.25) is 0 Å². The van der Waals surface area contributed by atoms with Crippen molar-refractivity contribution in [1.29, 1.82) is 0 Å². The number of amides is 1. The molecule has 1 amide bonds. The number of nitrogens with zero attached hydrogens (tertiary/aromatic N) is 3. The van der Waals surface area contributed by atoms with Crippen molar-refractivity contribution in [2.45, 2.75) is 17.7 Å². The summed E-state index contributed by atoms with van der Waals surface area (Å²) in [6, 6.07) is 8.35. The molecule has 1 aromatic carbocycles. The van der Waals surface area contributed by atoms with Gasteiger partial charge in [-0.2, -0.15) is 16.9 Å². The largest absolute Gasteiger partial charge is 0.332 e. The molecule has 0 unspecified atom stereocenters. The van der Waals surface area contributed by atoms with Crippen LogP contribution in [0, 0.1) is 0 Å². The average Bonchev–Trinajstić information content (AvgIpc) is 3.13. The summed E-state index contributed by atoms with van der Waals surface area (Å²) in [6.07, 6.45) is 1.15. The van der Waals surface area contributed by atoms with Gasteiger partial charge in [0.05, 0.1) is 5.52 Å². The molecule has 0 saturated carbocycles. The van der Waals surface area contributed by atoms with Gasteiger partial charge in [0, 0.05) is 36.0 Å². The predicted molar refractivity (Wildman–Crippen MR) is 76.4 cm³/mol. The molecule has 5 heteroatoms. The summed E-state index contributed by atoms with van der Waals surface area (Å²) in [5, 5.41) is 6.04. The zero-order valence-corrected chi connectivity index (χ0v) is 11.6. The number of carbonyl (C=O) groups excluding carboxylic acids is 1. The molecule has 1 aromatic heterocycles. The van der Waals surface area contributed by atoms with Gasteiger partial charge in [0.15, 0.2) is 5.69 Å². The van der Waals surface area contributed by atoms with Crippen molar-refractivity contribution in [1.82, 2.24) is 14.7 Å². The van der Waals surface area contributed by atoms with Crippen molar-refractivity contribution in [2.75, 3.05) is 12.3 Å². The van der Waals surface area contributed by atoms with Crippen LogP contribution in [-0.2, 0) is 7.05 Å². The maximum Gasteiger partial charge on any atom is 0.275 e. The smallest absolute Gasteiger partial charge is 0.275 e. The molecule has 4 nitrogen and oxygen atoms in total. The molecule has 2 atom stereocenters. The highest BCUT2D eigenvalue weighted by Gasteiger charge is 2.42. The number of hydrogen-bond acceptors (Lipinski definition) is 3. The standard InChI is InChI=1S/C14H15N3OS/c1-16-12-5-3-2-4-11(12)13(15-16)14(18)17-7-10-6-9(17)8-19-10/h2-5,9-10H,6-8H2,1H3/t9-,10+/m0/s1. The highest BCUT2D eigenvalue weighted by molar-refractivity contribution is 8.00. The summed E-state index contributed by atoms with van der Waals surface area (Å²) < 4.78 is 1.80. The second-order valence-electron chi connectivity index (χ2n) is 5.29. The Labute approximate surface area is 115 Å². The Kier molecular flexibility index (Phi) is 2.39. The molecular formula is C14H15N3OS. The normalized spacial score (nSPS) is 25.4. The van der Waals surface area contributed by atoms with E-state index in [4.69, 9.17) is 0 Å². The van der Waals surface area contributed by atoms with E-state index in [-0.39, 0.29) is 5.91 Å². The van der Waals surface area contributed by atoms with Gasteiger partial charge in [0.1, 0.15) is 0 Å². The van der Waals surface area contributed by atoms with Crippen LogP contribution in [0.4, 0.5) is 0 Å². The summed E-state index contributed by atoms with van der Waals surface area (Å²) in [5.41, 5.74) is 1.63. The minimum atomic E-state index is 0.101. The number of thioether (sulfide) groups is 1. The molecular weight excluding hydrogens is 258 g/mol. The second kappa shape index (κ2) is 4.00. The lowest BCUT2D eigenvalue weighted by molar-refractivity contribution is 0.0742. The Morgan fingerprint density at radius 1 is 1.42 bits per heavy atom. The van der Waals surface area contributed by atoms with Gasteiger partial charge < -0.3 is 4.90 Å². The van der Waals surface area contributed by atoms with E-state index >= 15 is 0 Å². The SMILES string of the molecule is Cn1nc(C(=O)N2C[C@H]3C[C@H]2CS3)c2ccccc21. The monoisotopic (exact) mass is 273 g/mol. The van der Waals surface area contributed by atoms with E-state index in [2.05, 4.69) is 5.10 Å². The Hall–Kier alpha value is -1.49. The first-order valence-electron chi connectivity index (χ1n) is 6.58. The van der Waals surface area contributed by atoms with E-state index < -0.39 is 0 Å². The van der Waals surface area contributed by atoms with Crippen LogP contribution in [0.1, 0.15) is 16.9 Å². The van der Waals surface area contributed by atoms with Crippen LogP contribution < -0.4 is 0 Å². The first-order chi connectivity index (χ1) is 9.24. The van der Waals surface area contributed by atoms with Gasteiger partial charge in [-0.05, 0) is 12.5 Å². The van der Waals surface area contributed by atoms with Gasteiger partial charge >= 0.3 is 0 Å². The van der Waals surface area contributed by atoms with E-state index in [1.807, 2.05) is 48.0 Å². The molecule has 2 bridgehead atoms. The minimum absolute atomic E-state index is 0.101. The van der Waals surface area contributed by atoms with Crippen molar-refractivity contribution in [2.24, 2.45) is 7.05 Å². The highest BCUT2D eigenvalue weighted by atomic mass is 32.2. The lowest BCUT2D eigenvalue weighted by atomic mass is 10.2. The third-order valence-electron chi connectivity index (χ3n) is 4.12. The summed E-state index contributed by atoms with van der Waals surface area (Å²) in [4.78, 5) is 14.7. The molecule has 2 aliphatic heterocycles. The molecule has 2 fully saturated rings. The molecule has 3 heterocycles. The topological polar surface area (TPSA) is 38.1 Å². The molecule has 0 aliphatic carbocycles. The lowest BCUT2D eigenvalue weighted by Crippen LogP contribution is -2.39. The fourth-order valence-electron chi connectivity index (χ4n) is 3.16. The number of aryl methyl sites for hydroxylation is 1. The van der Waals surface area contributed by atoms with E-state index in [0.717, 1.165) is 29.6 Å². The Morgan fingerprint density at radius 3 is 3.00 bits per heavy atom. The molecule has 19 heavy (non-hydrogen) atoms. The number of carbonyl (C=O) groups is 1. The number of likely N-dealkylation sites (tertiary alicyclic amines) is 1. The Balaban J connectivity index is 1.76. The second-order valence-corrected chi connectivity index (χ2v) is 6.63. The van der Waals surface area contributed by atoms with Crippen LogP contribution >= 0.6 is 11.8 Å². The van der Waals surface area contributed by atoms with Crippen LogP contribution in [0.25, 0.3) is 10.9 Å². The van der Waals surface area contributed by atoms with Crippen molar-refractivity contribution in [3.8, 4) is 0 Å². The highest BCUT2D eigenvalue weighted by Crippen LogP contribution is 2.38. The minimum Gasteiger partial charge on any atom is -0.332 e. The van der Waals surface area contributed by atoms with Crippen LogP contribution in [0.3, 0.4) is 0 Å². The first-order valence-corrected chi connectivity index (χ1v) is 7.63. The van der Waals surface area contributed by atoms with Crippen molar-refractivity contribution >= 4 is 28.6 Å². The summed E-state index contributed by atoms with van der Waals surface area (Å²) in [6.45, 7) is 0.888. The van der Waals surface area contributed by atoms with Gasteiger partial charge in [-0.25, -0.2) is 0 Å². The van der Waals surface area contributed by atoms with E-state index in [1.54, 1.807) is 4.68 Å². The zero-order valence-electron chi connectivity index (χ0n) is 10.7. The van der Waals surface area contributed by atoms with E-state index in [9.17, 15) is 4.79 Å². The average molecular weight is 273 g/mol. The third kappa shape index (κ3) is 1.61. The summed E-state index contributed by atoms with van der Waals surface area (Å²) in [7, 11) is 1.89. The fourth-order valence-corrected chi connectivity index (χ4v) is 4.59. The maximum atomic E-state index is 12.7. The molecule has 0 radical (unpaired) electrons. The number of benzene rings is 1. The molecule has 2 aliphatic rings. The molecule has 0 spiro atoms. The molecule has 0 N–H and O–H groups in total. The van der Waals surface area contributed by atoms with Crippen LogP contribution in [-0.4, -0.2) is 44.2 Å². The van der Waals surface area contributed by atoms with Crippen LogP contribution in [0.15, 0.2) is 24.3 Å². The van der Waals surface area contributed by atoms with E-state index in [1.165, 1.54) is 0 Å². The number of para-hydroxylation sites is 1. The van der Waals surface area contributed by atoms with E-state index in [0.29, 0.717) is 17.0 Å². The zero-order chi connectivity index (χ0) is 13.0. The van der Waals surface area contributed by atoms with Gasteiger partial charge in [-0.15, -0.1) is 0 Å². The van der Waals surface area contributed by atoms with Gasteiger partial charge in [-0.3, -0.25) is 9.48 Å². The third-order valence-corrected chi connectivity index (χ3v) is 5.51. The summed E-state index contributed by atoms with van der Waals surface area (Å²) >= 11 is 2.00. The number of hydrogen-bond donors (Lipinski definition) is 0. The Bertz CT molecular complexity index is 666. The van der Waals surface area contributed by atoms with Gasteiger partial charge in [0.2, 0.25) is 0 Å².